The van der Waals surface area contributed by atoms with Crippen LogP contribution in [-0.2, 0) is 13.2 Å². The number of nitrogens with one attached hydrogen (secondary N) is 1. The number of pyridine rings is 1. The van der Waals surface area contributed by atoms with Crippen molar-refractivity contribution in [2.24, 2.45) is 18.2 Å². The third kappa shape index (κ3) is 4.79. The van der Waals surface area contributed by atoms with E-state index in [-0.39, 0.29) is 51.3 Å². The molecule has 2 heterocycles. The van der Waals surface area contributed by atoms with Crippen molar-refractivity contribution < 1.29 is 27.5 Å². The first-order chi connectivity index (χ1) is 18.0. The van der Waals surface area contributed by atoms with Gasteiger partial charge >= 0.3 is 6.18 Å². The van der Waals surface area contributed by atoms with Crippen molar-refractivity contribution in [2.45, 2.75) is 44.0 Å². The third-order valence-electron chi connectivity index (χ3n) is 7.06. The zero-order valence-electron chi connectivity index (χ0n) is 20.2. The highest BCUT2D eigenvalue weighted by atomic mass is 19.4. The molecule has 12 heteroatoms. The van der Waals surface area contributed by atoms with E-state index in [1.165, 1.54) is 37.6 Å². The molecule has 2 saturated carbocycles. The Morgan fingerprint density at radius 3 is 2.63 bits per heavy atom. The number of hydrogen-bond donors (Lipinski definition) is 2. The van der Waals surface area contributed by atoms with E-state index in [4.69, 9.17) is 10.5 Å². The van der Waals surface area contributed by atoms with Gasteiger partial charge in [0.25, 0.3) is 11.8 Å². The number of carbonyl (C=O) groups excluding carboxylic acids is 2. The van der Waals surface area contributed by atoms with Gasteiger partial charge in [-0.05, 0) is 67.0 Å². The summed E-state index contributed by atoms with van der Waals surface area (Å²) in [5, 5.41) is 15.8. The van der Waals surface area contributed by atoms with Crippen LogP contribution in [0.3, 0.4) is 0 Å². The lowest BCUT2D eigenvalue weighted by molar-refractivity contribution is -0.141. The van der Waals surface area contributed by atoms with Crippen molar-refractivity contribution >= 4 is 11.8 Å². The lowest BCUT2D eigenvalue weighted by Gasteiger charge is -2.57. The van der Waals surface area contributed by atoms with E-state index in [2.05, 4.69) is 15.4 Å². The molecular formula is C26H23F3N6O3. The third-order valence-corrected chi connectivity index (χ3v) is 7.06. The van der Waals surface area contributed by atoms with Crippen molar-refractivity contribution in [3.05, 3.63) is 65.1 Å². The molecule has 1 aromatic carbocycles. The van der Waals surface area contributed by atoms with Crippen LogP contribution in [0.1, 0.15) is 57.7 Å². The molecule has 38 heavy (non-hydrogen) atoms. The smallest absolute Gasteiger partial charge is 0.435 e. The molecular weight excluding hydrogens is 501 g/mol. The molecule has 2 amide bonds. The highest BCUT2D eigenvalue weighted by molar-refractivity contribution is 5.96. The van der Waals surface area contributed by atoms with Crippen LogP contribution in [0.4, 0.5) is 13.2 Å². The number of hydrogen-bond acceptors (Lipinski definition) is 6. The molecule has 196 valence electrons. The summed E-state index contributed by atoms with van der Waals surface area (Å²) in [6, 6.07) is 8.96. The maximum absolute atomic E-state index is 13.5. The topological polar surface area (TPSA) is 136 Å². The lowest BCUT2D eigenvalue weighted by Crippen LogP contribution is -2.58. The lowest BCUT2D eigenvalue weighted by atomic mass is 9.53. The maximum Gasteiger partial charge on any atom is 0.435 e. The monoisotopic (exact) mass is 524 g/mol. The summed E-state index contributed by atoms with van der Waals surface area (Å²) in [7, 11) is 1.37. The van der Waals surface area contributed by atoms with Crippen LogP contribution in [0, 0.1) is 16.7 Å². The second-order valence-corrected chi connectivity index (χ2v) is 9.92. The van der Waals surface area contributed by atoms with E-state index < -0.39 is 23.7 Å². The van der Waals surface area contributed by atoms with Crippen molar-refractivity contribution in [1.82, 2.24) is 20.1 Å². The predicted molar refractivity (Wildman–Crippen MR) is 128 cm³/mol. The van der Waals surface area contributed by atoms with Gasteiger partial charge in [-0.2, -0.15) is 23.5 Å². The first-order valence-electron chi connectivity index (χ1n) is 11.9. The second-order valence-electron chi connectivity index (χ2n) is 9.92. The van der Waals surface area contributed by atoms with E-state index >= 15 is 0 Å². The van der Waals surface area contributed by atoms with Gasteiger partial charge in [-0.15, -0.1) is 0 Å². The van der Waals surface area contributed by atoms with Crippen LogP contribution >= 0.6 is 0 Å². The van der Waals surface area contributed by atoms with E-state index in [1.807, 2.05) is 6.07 Å². The SMILES string of the molecule is Cn1cc(-c2cc(C#N)cc(C(=O)NC3CC4(C3)CC(Oc3ncccc3C(N)=O)C4)c2)c(C(F)(F)F)n1. The molecule has 0 saturated heterocycles. The van der Waals surface area contributed by atoms with Gasteiger partial charge in [0, 0.05) is 36.6 Å². The maximum atomic E-state index is 13.5. The van der Waals surface area contributed by atoms with Gasteiger partial charge in [-0.3, -0.25) is 14.3 Å². The normalized spacial score (nSPS) is 22.2. The number of nitrogens with zero attached hydrogens (tertiary/aromatic N) is 4. The summed E-state index contributed by atoms with van der Waals surface area (Å²) >= 11 is 0. The minimum absolute atomic E-state index is 0.0151. The molecule has 1 spiro atoms. The van der Waals surface area contributed by atoms with Crippen molar-refractivity contribution in [3.8, 4) is 23.1 Å². The second kappa shape index (κ2) is 9.16. The number of rotatable bonds is 6. The minimum atomic E-state index is -4.69. The van der Waals surface area contributed by atoms with Crippen LogP contribution in [-0.4, -0.2) is 38.7 Å². The van der Waals surface area contributed by atoms with E-state index in [0.717, 1.165) is 30.4 Å². The quantitative estimate of drug-likeness (QED) is 0.506. The summed E-state index contributed by atoms with van der Waals surface area (Å²) in [6.07, 6.45) is 0.845. The van der Waals surface area contributed by atoms with E-state index in [0.29, 0.717) is 0 Å². The zero-order valence-corrected chi connectivity index (χ0v) is 20.2. The molecule has 2 aliphatic rings. The number of nitrogens with two attached hydrogens (primary N) is 1. The number of benzene rings is 1. The summed E-state index contributed by atoms with van der Waals surface area (Å²) in [4.78, 5) is 28.6. The largest absolute Gasteiger partial charge is 0.474 e. The standard InChI is InChI=1S/C26H23F3N6O3/c1-35-13-20(21(34-35)26(27,28)29)15-5-14(12-30)6-16(7-15)23(37)33-17-8-25(9-17)10-18(11-25)38-24-19(22(31)36)3-2-4-32-24/h2-7,13,17-18H,8-11H2,1H3,(H2,31,36)(H,33,37). The van der Waals surface area contributed by atoms with Crippen molar-refractivity contribution in [1.29, 1.82) is 5.26 Å². The van der Waals surface area contributed by atoms with Gasteiger partial charge in [0.1, 0.15) is 11.7 Å². The molecule has 0 atom stereocenters. The Kier molecular flexibility index (Phi) is 6.09. The van der Waals surface area contributed by atoms with Crippen LogP contribution < -0.4 is 15.8 Å². The summed E-state index contributed by atoms with van der Waals surface area (Å²) in [6.45, 7) is 0. The van der Waals surface area contributed by atoms with Crippen LogP contribution in [0.5, 0.6) is 5.88 Å². The number of nitriles is 1. The number of halogens is 3. The highest BCUT2D eigenvalue weighted by Crippen LogP contribution is 2.56. The van der Waals surface area contributed by atoms with Gasteiger partial charge in [0.05, 0.1) is 11.6 Å². The molecule has 0 radical (unpaired) electrons. The summed E-state index contributed by atoms with van der Waals surface area (Å²) in [5.41, 5.74) is 4.57. The molecule has 0 bridgehead atoms. The van der Waals surface area contributed by atoms with Crippen LogP contribution in [0.2, 0.25) is 0 Å². The van der Waals surface area contributed by atoms with Gasteiger partial charge in [0.15, 0.2) is 5.69 Å². The molecule has 3 N–H and O–H groups in total. The van der Waals surface area contributed by atoms with E-state index in [1.54, 1.807) is 12.1 Å². The Labute approximate surface area is 215 Å². The minimum Gasteiger partial charge on any atom is -0.474 e. The fourth-order valence-electron chi connectivity index (χ4n) is 5.40. The Balaban J connectivity index is 1.23. The van der Waals surface area contributed by atoms with Gasteiger partial charge in [0.2, 0.25) is 5.88 Å². The average molecular weight is 525 g/mol. The number of primary amides is 1. The number of alkyl halides is 3. The van der Waals surface area contributed by atoms with Gasteiger partial charge in [-0.1, -0.05) is 0 Å². The van der Waals surface area contributed by atoms with Crippen molar-refractivity contribution in [3.63, 3.8) is 0 Å². The van der Waals surface area contributed by atoms with Gasteiger partial charge in [-0.25, -0.2) is 4.98 Å². The number of aromatic nitrogens is 3. The Hall–Kier alpha value is -4.40. The molecule has 9 nitrogen and oxygen atoms in total. The Morgan fingerprint density at radius 2 is 1.97 bits per heavy atom. The average Bonchev–Trinajstić information content (AvgIpc) is 3.23. The molecule has 0 aliphatic heterocycles. The van der Waals surface area contributed by atoms with E-state index in [9.17, 15) is 28.0 Å². The number of carbonyl (C=O) groups is 2. The summed E-state index contributed by atoms with van der Waals surface area (Å²) in [5.74, 6) is -0.873. The number of amides is 2. The molecule has 5 rings (SSSR count). The molecule has 2 fully saturated rings. The Bertz CT molecular complexity index is 1460. The molecule has 0 unspecified atom stereocenters. The molecule has 2 aliphatic carbocycles. The predicted octanol–water partition coefficient (Wildman–Crippen LogP) is 3.59. The first-order valence-corrected chi connectivity index (χ1v) is 11.9. The van der Waals surface area contributed by atoms with Crippen LogP contribution in [0.25, 0.3) is 11.1 Å². The number of ether oxygens (including phenoxy) is 1. The number of aryl methyl sites for hydroxylation is 1. The molecule has 2 aromatic heterocycles. The highest BCUT2D eigenvalue weighted by Gasteiger charge is 2.54. The van der Waals surface area contributed by atoms with Crippen molar-refractivity contribution in [2.75, 3.05) is 0 Å². The van der Waals surface area contributed by atoms with Gasteiger partial charge < -0.3 is 15.8 Å². The fourth-order valence-corrected chi connectivity index (χ4v) is 5.40. The first kappa shape index (κ1) is 25.3. The van der Waals surface area contributed by atoms with Crippen LogP contribution in [0.15, 0.2) is 42.7 Å². The summed E-state index contributed by atoms with van der Waals surface area (Å²) < 4.78 is 47.3. The Morgan fingerprint density at radius 1 is 1.24 bits per heavy atom. The zero-order chi connectivity index (χ0) is 27.2. The fraction of sp³-hybridized carbons (Fsp3) is 0.346. The molecule has 3 aromatic rings.